The number of H-pyrrole nitrogens is 1. The number of nitrogens with one attached hydrogen (secondary N) is 1. The average Bonchev–Trinajstić information content (AvgIpc) is 3.50. The number of nitrogens with zero attached hydrogens (tertiary/aromatic N) is 6. The van der Waals surface area contributed by atoms with Crippen molar-refractivity contribution >= 4 is 0 Å². The van der Waals surface area contributed by atoms with Crippen LogP contribution in [0.4, 0.5) is 8.78 Å². The van der Waals surface area contributed by atoms with E-state index in [1.54, 1.807) is 11.6 Å². The van der Waals surface area contributed by atoms with Gasteiger partial charge < -0.3 is 0 Å². The van der Waals surface area contributed by atoms with Gasteiger partial charge in [-0.15, -0.1) is 10.2 Å². The van der Waals surface area contributed by atoms with Crippen molar-refractivity contribution in [2.45, 2.75) is 64.8 Å². The van der Waals surface area contributed by atoms with Crippen molar-refractivity contribution in [1.29, 1.82) is 0 Å². The maximum atomic E-state index is 14.5. The fraction of sp³-hybridized carbons (Fsp3) is 0.400. The quantitative estimate of drug-likeness (QED) is 0.324. The molecule has 34 heavy (non-hydrogen) atoms. The van der Waals surface area contributed by atoms with E-state index in [4.69, 9.17) is 0 Å². The first kappa shape index (κ1) is 23.7. The molecule has 2 aromatic carbocycles. The van der Waals surface area contributed by atoms with Gasteiger partial charge in [-0.2, -0.15) is 8.78 Å². The number of hydrogen-bond donors (Lipinski definition) is 1. The summed E-state index contributed by atoms with van der Waals surface area (Å²) >= 11 is 0. The predicted molar refractivity (Wildman–Crippen MR) is 125 cm³/mol. The zero-order valence-corrected chi connectivity index (χ0v) is 19.5. The normalized spacial score (nSPS) is 11.8. The Morgan fingerprint density at radius 3 is 2.44 bits per heavy atom. The Labute approximate surface area is 197 Å². The predicted octanol–water partition coefficient (Wildman–Crippen LogP) is 5.33. The molecule has 0 bridgehead atoms. The molecule has 0 atom stereocenters. The fourth-order valence-corrected chi connectivity index (χ4v) is 3.94. The van der Waals surface area contributed by atoms with Gasteiger partial charge in [0.25, 0.3) is 0 Å². The summed E-state index contributed by atoms with van der Waals surface area (Å²) < 4.78 is 30.5. The second kappa shape index (κ2) is 10.6. The molecule has 0 fully saturated rings. The first-order valence-electron chi connectivity index (χ1n) is 11.7. The summed E-state index contributed by atoms with van der Waals surface area (Å²) in [5.74, 6) is -2.12. The Kier molecular flexibility index (Phi) is 7.40. The summed E-state index contributed by atoms with van der Waals surface area (Å²) in [5, 5.41) is 18.4. The van der Waals surface area contributed by atoms with Gasteiger partial charge in [0, 0.05) is 18.4 Å². The summed E-state index contributed by atoms with van der Waals surface area (Å²) in [4.78, 5) is 4.22. The van der Waals surface area contributed by atoms with E-state index in [2.05, 4.69) is 55.8 Å². The molecule has 0 saturated carbocycles. The highest BCUT2D eigenvalue weighted by Gasteiger charge is 2.36. The Bertz CT molecular complexity index is 1180. The first-order chi connectivity index (χ1) is 16.5. The van der Waals surface area contributed by atoms with Crippen LogP contribution in [-0.2, 0) is 25.3 Å². The summed E-state index contributed by atoms with van der Waals surface area (Å²) in [6, 6.07) is 16.1. The lowest BCUT2D eigenvalue weighted by Crippen LogP contribution is -2.15. The molecule has 2 aromatic heterocycles. The topological polar surface area (TPSA) is 85.2 Å². The van der Waals surface area contributed by atoms with Gasteiger partial charge in [0.05, 0.1) is 6.54 Å². The third kappa shape index (κ3) is 5.52. The van der Waals surface area contributed by atoms with Crippen molar-refractivity contribution in [1.82, 2.24) is 35.4 Å². The molecule has 9 heteroatoms. The molecule has 178 valence electrons. The highest BCUT2D eigenvalue weighted by molar-refractivity contribution is 5.60. The third-order valence-electron chi connectivity index (χ3n) is 5.76. The number of rotatable bonds is 11. The highest BCUT2D eigenvalue weighted by atomic mass is 19.3. The Balaban J connectivity index is 1.52. The van der Waals surface area contributed by atoms with Gasteiger partial charge in [-0.25, -0.2) is 14.8 Å². The Morgan fingerprint density at radius 1 is 0.971 bits per heavy atom. The minimum Gasteiger partial charge on any atom is -0.245 e. The summed E-state index contributed by atoms with van der Waals surface area (Å²) in [6.07, 6.45) is 3.34. The van der Waals surface area contributed by atoms with E-state index in [1.807, 2.05) is 30.3 Å². The molecule has 0 unspecified atom stereocenters. The highest BCUT2D eigenvalue weighted by Crippen LogP contribution is 2.31. The molecule has 4 aromatic rings. The number of benzene rings is 2. The molecular weight excluding hydrogens is 436 g/mol. The van der Waals surface area contributed by atoms with Crippen LogP contribution in [-0.4, -0.2) is 35.4 Å². The molecular formula is C25H29F2N7. The number of tetrazole rings is 1. The van der Waals surface area contributed by atoms with Crippen LogP contribution in [0.3, 0.4) is 0 Å². The van der Waals surface area contributed by atoms with E-state index in [0.29, 0.717) is 31.0 Å². The van der Waals surface area contributed by atoms with E-state index in [0.717, 1.165) is 41.5 Å². The number of unbranched alkanes of at least 4 members (excludes halogenated alkanes) is 1. The van der Waals surface area contributed by atoms with Gasteiger partial charge in [0.15, 0.2) is 5.82 Å². The second-order valence-electron chi connectivity index (χ2n) is 8.47. The van der Waals surface area contributed by atoms with Crippen molar-refractivity contribution < 1.29 is 8.78 Å². The van der Waals surface area contributed by atoms with E-state index in [9.17, 15) is 8.78 Å². The zero-order chi connectivity index (χ0) is 24.0. The lowest BCUT2D eigenvalue weighted by Gasteiger charge is -2.10. The number of aromatic nitrogens is 7. The first-order valence-corrected chi connectivity index (χ1v) is 11.7. The Hall–Kier alpha value is -3.49. The molecule has 7 nitrogen and oxygen atoms in total. The number of alkyl halides is 2. The van der Waals surface area contributed by atoms with Crippen molar-refractivity contribution in [2.75, 3.05) is 0 Å². The van der Waals surface area contributed by atoms with Crippen LogP contribution in [0.1, 0.15) is 67.9 Å². The average molecular weight is 466 g/mol. The molecule has 0 aliphatic heterocycles. The van der Waals surface area contributed by atoms with Crippen LogP contribution < -0.4 is 0 Å². The molecule has 0 amide bonds. The monoisotopic (exact) mass is 465 g/mol. The molecule has 0 saturated heterocycles. The molecule has 0 radical (unpaired) electrons. The minimum atomic E-state index is -3.00. The summed E-state index contributed by atoms with van der Waals surface area (Å²) in [6.45, 7) is 4.23. The molecule has 1 N–H and O–H groups in total. The van der Waals surface area contributed by atoms with Gasteiger partial charge in [0.2, 0.25) is 5.82 Å². The lowest BCUT2D eigenvalue weighted by atomic mass is 9.98. The van der Waals surface area contributed by atoms with E-state index < -0.39 is 5.92 Å². The number of aromatic amines is 1. The number of aryl methyl sites for hydroxylation is 1. The fourth-order valence-electron chi connectivity index (χ4n) is 3.94. The molecule has 0 aliphatic rings. The minimum absolute atomic E-state index is 0.246. The second-order valence-corrected chi connectivity index (χ2v) is 8.47. The van der Waals surface area contributed by atoms with Crippen LogP contribution >= 0.6 is 0 Å². The standard InChI is InChI=1S/C25H29F2N7/c1-3-5-10-22-28-24(25(26,27)15-4-2)31-34(22)17-19-13-11-18(12-14-19)16-20-8-6-7-9-21(20)23-29-32-33-30-23/h6-9,11-14H,3-5,10,15-17H2,1-2H3,(H,29,30,32,33). The van der Waals surface area contributed by atoms with Gasteiger partial charge >= 0.3 is 5.92 Å². The van der Waals surface area contributed by atoms with Crippen LogP contribution in [0.25, 0.3) is 11.4 Å². The van der Waals surface area contributed by atoms with Crippen LogP contribution in [0, 0.1) is 0 Å². The largest absolute Gasteiger partial charge is 0.308 e. The van der Waals surface area contributed by atoms with Crippen LogP contribution in [0.5, 0.6) is 0 Å². The van der Waals surface area contributed by atoms with Crippen molar-refractivity contribution in [3.8, 4) is 11.4 Å². The van der Waals surface area contributed by atoms with E-state index in [-0.39, 0.29) is 12.2 Å². The lowest BCUT2D eigenvalue weighted by molar-refractivity contribution is -0.0232. The summed E-state index contributed by atoms with van der Waals surface area (Å²) in [5.41, 5.74) is 4.18. The van der Waals surface area contributed by atoms with Crippen LogP contribution in [0.15, 0.2) is 48.5 Å². The van der Waals surface area contributed by atoms with Crippen molar-refractivity contribution in [3.05, 3.63) is 76.9 Å². The van der Waals surface area contributed by atoms with Crippen molar-refractivity contribution in [3.63, 3.8) is 0 Å². The maximum absolute atomic E-state index is 14.5. The molecule has 2 heterocycles. The van der Waals surface area contributed by atoms with Gasteiger partial charge in [0.1, 0.15) is 5.82 Å². The number of halogens is 2. The van der Waals surface area contributed by atoms with Crippen molar-refractivity contribution in [2.24, 2.45) is 0 Å². The van der Waals surface area contributed by atoms with E-state index in [1.165, 1.54) is 0 Å². The van der Waals surface area contributed by atoms with Crippen LogP contribution in [0.2, 0.25) is 0 Å². The van der Waals surface area contributed by atoms with Gasteiger partial charge in [-0.05, 0) is 46.4 Å². The van der Waals surface area contributed by atoms with Gasteiger partial charge in [-0.1, -0.05) is 68.8 Å². The van der Waals surface area contributed by atoms with E-state index >= 15 is 0 Å². The number of hydrogen-bond acceptors (Lipinski definition) is 5. The zero-order valence-electron chi connectivity index (χ0n) is 19.5. The van der Waals surface area contributed by atoms with Gasteiger partial charge in [-0.3, -0.25) is 0 Å². The Morgan fingerprint density at radius 2 is 1.74 bits per heavy atom. The summed E-state index contributed by atoms with van der Waals surface area (Å²) in [7, 11) is 0. The SMILES string of the molecule is CCCCc1nc(C(F)(F)CCC)nn1Cc1ccc(Cc2ccccc2-c2nnn[nH]2)cc1. The third-order valence-corrected chi connectivity index (χ3v) is 5.76. The molecule has 0 spiro atoms. The smallest absolute Gasteiger partial charge is 0.245 e. The maximum Gasteiger partial charge on any atom is 0.308 e. The molecule has 0 aliphatic carbocycles. The molecule has 4 rings (SSSR count).